The molecule has 0 aromatic rings. The predicted octanol–water partition coefficient (Wildman–Crippen LogP) is 3.29. The molecule has 5 rings (SSSR count). The van der Waals surface area contributed by atoms with Gasteiger partial charge in [-0.1, -0.05) is 30.5 Å². The highest BCUT2D eigenvalue weighted by Crippen LogP contribution is 2.67. The summed E-state index contributed by atoms with van der Waals surface area (Å²) >= 11 is 0. The van der Waals surface area contributed by atoms with Crippen molar-refractivity contribution in [2.75, 3.05) is 6.61 Å². The minimum atomic E-state index is -0.986. The quantitative estimate of drug-likeness (QED) is 0.375. The Kier molecular flexibility index (Phi) is 5.83. The average Bonchev–Trinajstić information content (AvgIpc) is 3.29. The van der Waals surface area contributed by atoms with Crippen molar-refractivity contribution in [1.29, 1.82) is 0 Å². The number of amides is 2. The number of hydrogen-bond acceptors (Lipinski definition) is 7. The van der Waals surface area contributed by atoms with Crippen molar-refractivity contribution in [1.82, 2.24) is 5.06 Å². The molecule has 2 amide bonds. The second-order valence-corrected chi connectivity index (χ2v) is 11.4. The number of nitrogens with zero attached hydrogens (tertiary/aromatic N) is 2. The Morgan fingerprint density at radius 1 is 1.11 bits per heavy atom. The molecule has 0 aromatic carbocycles. The number of hydrogen-bond donors (Lipinski definition) is 1. The van der Waals surface area contributed by atoms with Crippen LogP contribution in [0.25, 0.3) is 0 Å². The Labute approximate surface area is 206 Å². The van der Waals surface area contributed by atoms with Crippen LogP contribution in [0, 0.1) is 40.9 Å². The molecule has 35 heavy (non-hydrogen) atoms. The van der Waals surface area contributed by atoms with E-state index in [2.05, 4.69) is 31.0 Å². The first-order valence-corrected chi connectivity index (χ1v) is 12.8. The van der Waals surface area contributed by atoms with Gasteiger partial charge in [-0.3, -0.25) is 9.59 Å². The molecule has 1 heterocycles. The third-order valence-corrected chi connectivity index (χ3v) is 9.93. The molecule has 3 saturated carbocycles. The minimum Gasteiger partial charge on any atom is -0.383 e. The van der Waals surface area contributed by atoms with Gasteiger partial charge >= 0.3 is 5.97 Å². The molecule has 4 fully saturated rings. The fourth-order valence-corrected chi connectivity index (χ4v) is 7.85. The van der Waals surface area contributed by atoms with E-state index in [9.17, 15) is 19.5 Å². The Morgan fingerprint density at radius 3 is 2.54 bits per heavy atom. The van der Waals surface area contributed by atoms with Gasteiger partial charge in [0.1, 0.15) is 5.60 Å². The van der Waals surface area contributed by atoms with Crippen molar-refractivity contribution in [3.05, 3.63) is 11.6 Å². The molecule has 1 N–H and O–H groups in total. The van der Waals surface area contributed by atoms with Crippen LogP contribution >= 0.6 is 0 Å². The SMILES string of the molecule is C#C[C@@]1(O)CC[C@@H]2[C@@H]3CCC4=C/C(=N/OCC(=O)ON5C(=O)CCC5=O)CC[C@]4(C)[C@@H]3CC[C@@]21C. The topological polar surface area (TPSA) is 106 Å². The number of oxime groups is 1. The van der Waals surface area contributed by atoms with E-state index in [-0.39, 0.29) is 23.7 Å². The first-order valence-electron chi connectivity index (χ1n) is 12.8. The molecule has 8 nitrogen and oxygen atoms in total. The van der Waals surface area contributed by atoms with Gasteiger partial charge in [-0.2, -0.15) is 0 Å². The molecule has 6 atom stereocenters. The zero-order valence-corrected chi connectivity index (χ0v) is 20.5. The number of aliphatic hydroxyl groups is 1. The van der Waals surface area contributed by atoms with Crippen molar-refractivity contribution in [2.45, 2.75) is 83.7 Å². The lowest BCUT2D eigenvalue weighted by Crippen LogP contribution is -2.54. The van der Waals surface area contributed by atoms with Crippen LogP contribution in [0.4, 0.5) is 0 Å². The summed E-state index contributed by atoms with van der Waals surface area (Å²) in [6.07, 6.45) is 15.5. The molecule has 0 spiro atoms. The second-order valence-electron chi connectivity index (χ2n) is 11.4. The molecule has 1 aliphatic heterocycles. The van der Waals surface area contributed by atoms with Gasteiger partial charge in [-0.15, -0.1) is 11.5 Å². The molecule has 1 saturated heterocycles. The third kappa shape index (κ3) is 3.70. The van der Waals surface area contributed by atoms with Gasteiger partial charge in [0.05, 0.1) is 5.71 Å². The molecular weight excluding hydrogens is 448 g/mol. The van der Waals surface area contributed by atoms with E-state index >= 15 is 0 Å². The van der Waals surface area contributed by atoms with Crippen molar-refractivity contribution in [2.24, 2.45) is 33.7 Å². The largest absolute Gasteiger partial charge is 0.383 e. The molecule has 8 heteroatoms. The first-order chi connectivity index (χ1) is 16.6. The van der Waals surface area contributed by atoms with E-state index in [1.807, 2.05) is 0 Å². The summed E-state index contributed by atoms with van der Waals surface area (Å²) in [6.45, 7) is 4.11. The van der Waals surface area contributed by atoms with Crippen molar-refractivity contribution in [3.8, 4) is 12.3 Å². The Bertz CT molecular complexity index is 1040. The summed E-state index contributed by atoms with van der Waals surface area (Å²) in [5.74, 6) is 2.46. The van der Waals surface area contributed by atoms with Crippen LogP contribution in [0.1, 0.15) is 78.1 Å². The molecule has 0 aromatic heterocycles. The van der Waals surface area contributed by atoms with Gasteiger partial charge in [0.25, 0.3) is 11.8 Å². The molecular formula is C27H34N2O6. The van der Waals surface area contributed by atoms with Gasteiger partial charge in [0.2, 0.25) is 6.61 Å². The number of fused-ring (bicyclic) bond motifs is 5. The van der Waals surface area contributed by atoms with Gasteiger partial charge in [0.15, 0.2) is 0 Å². The highest BCUT2D eigenvalue weighted by molar-refractivity contribution is 6.01. The zero-order chi connectivity index (χ0) is 25.0. The Hall–Kier alpha value is -2.66. The number of carbonyl (C=O) groups excluding carboxylic acids is 3. The van der Waals surface area contributed by atoms with E-state index in [4.69, 9.17) is 16.1 Å². The van der Waals surface area contributed by atoms with Crippen LogP contribution in [0.2, 0.25) is 0 Å². The van der Waals surface area contributed by atoms with Gasteiger partial charge in [0, 0.05) is 18.3 Å². The third-order valence-electron chi connectivity index (χ3n) is 9.93. The monoisotopic (exact) mass is 482 g/mol. The number of hydroxylamine groups is 2. The van der Waals surface area contributed by atoms with Crippen molar-refractivity contribution >= 4 is 23.5 Å². The van der Waals surface area contributed by atoms with Crippen LogP contribution in [0.5, 0.6) is 0 Å². The normalized spacial score (nSPS) is 41.5. The average molecular weight is 483 g/mol. The lowest BCUT2D eigenvalue weighted by molar-refractivity contribution is -0.200. The molecule has 188 valence electrons. The van der Waals surface area contributed by atoms with E-state index in [1.54, 1.807) is 0 Å². The van der Waals surface area contributed by atoms with Gasteiger partial charge < -0.3 is 14.8 Å². The van der Waals surface area contributed by atoms with E-state index < -0.39 is 30.0 Å². The molecule has 0 bridgehead atoms. The van der Waals surface area contributed by atoms with Crippen LogP contribution in [-0.2, 0) is 24.1 Å². The number of imide groups is 1. The fourth-order valence-electron chi connectivity index (χ4n) is 7.85. The van der Waals surface area contributed by atoms with E-state index in [0.717, 1.165) is 50.7 Å². The predicted molar refractivity (Wildman–Crippen MR) is 126 cm³/mol. The highest BCUT2D eigenvalue weighted by atomic mass is 16.7. The minimum absolute atomic E-state index is 0.0498. The van der Waals surface area contributed by atoms with Gasteiger partial charge in [-0.05, 0) is 80.6 Å². The first kappa shape index (κ1) is 24.1. The lowest BCUT2D eigenvalue weighted by Gasteiger charge is -2.58. The Morgan fingerprint density at radius 2 is 1.83 bits per heavy atom. The summed E-state index contributed by atoms with van der Waals surface area (Å²) < 4.78 is 0. The molecule has 4 aliphatic carbocycles. The van der Waals surface area contributed by atoms with Gasteiger partial charge in [-0.25, -0.2) is 4.79 Å². The molecule has 0 radical (unpaired) electrons. The zero-order valence-electron chi connectivity index (χ0n) is 20.5. The number of rotatable bonds is 4. The number of carbonyl (C=O) groups is 3. The highest BCUT2D eigenvalue weighted by Gasteiger charge is 2.63. The van der Waals surface area contributed by atoms with E-state index in [1.165, 1.54) is 5.57 Å². The van der Waals surface area contributed by atoms with Crippen LogP contribution in [0.15, 0.2) is 16.8 Å². The fraction of sp³-hybridized carbons (Fsp3) is 0.704. The van der Waals surface area contributed by atoms with Crippen LogP contribution in [0.3, 0.4) is 0 Å². The van der Waals surface area contributed by atoms with Crippen molar-refractivity contribution in [3.63, 3.8) is 0 Å². The van der Waals surface area contributed by atoms with Crippen LogP contribution < -0.4 is 0 Å². The van der Waals surface area contributed by atoms with E-state index in [0.29, 0.717) is 29.2 Å². The maximum absolute atomic E-state index is 11.9. The number of allylic oxidation sites excluding steroid dienone is 2. The second kappa shape index (κ2) is 8.48. The lowest BCUT2D eigenvalue weighted by atomic mass is 9.46. The molecule has 5 aliphatic rings. The smallest absolute Gasteiger partial charge is 0.373 e. The summed E-state index contributed by atoms with van der Waals surface area (Å²) in [4.78, 5) is 45.1. The standard InChI is InChI=1S/C27H34N2O6/c1-4-27(33)14-11-21-19-6-5-17-15-18(9-12-25(17,2)20(19)10-13-26(21,27)3)28-34-16-24(32)35-29-22(30)7-8-23(29)31/h1,15,19-21,33H,5-14,16H2,2-3H3/b28-18+/t19-,20-,21-,25+,26+,27-/m1/s1. The summed E-state index contributed by atoms with van der Waals surface area (Å²) in [5, 5.41) is 15.8. The summed E-state index contributed by atoms with van der Waals surface area (Å²) in [7, 11) is 0. The maximum atomic E-state index is 11.9. The summed E-state index contributed by atoms with van der Waals surface area (Å²) in [5.41, 5.74) is 1.08. The van der Waals surface area contributed by atoms with Crippen molar-refractivity contribution < 1.29 is 29.2 Å². The van der Waals surface area contributed by atoms with Crippen LogP contribution in [-0.4, -0.2) is 45.9 Å². The summed E-state index contributed by atoms with van der Waals surface area (Å²) in [6, 6.07) is 0. The molecule has 0 unspecified atom stereocenters. The maximum Gasteiger partial charge on any atom is 0.373 e. The Balaban J connectivity index is 1.23. The number of terminal acetylenes is 1.